The largest absolute Gasteiger partial charge is 0.495 e. The van der Waals surface area contributed by atoms with Gasteiger partial charge in [-0.1, -0.05) is 17.7 Å². The van der Waals surface area contributed by atoms with E-state index in [2.05, 4.69) is 15.4 Å². The molecule has 0 aliphatic rings. The molecule has 8 nitrogen and oxygen atoms in total. The van der Waals surface area contributed by atoms with E-state index in [1.165, 1.54) is 32.2 Å². The Morgan fingerprint density at radius 2 is 1.62 bits per heavy atom. The van der Waals surface area contributed by atoms with Crippen molar-refractivity contribution in [2.75, 3.05) is 24.3 Å². The van der Waals surface area contributed by atoms with Crippen LogP contribution in [0.25, 0.3) is 0 Å². The number of rotatable bonds is 7. The molecule has 0 radical (unpaired) electrons. The number of amides is 2. The Kier molecular flexibility index (Phi) is 6.99. The maximum atomic E-state index is 12.6. The van der Waals surface area contributed by atoms with E-state index in [4.69, 9.17) is 4.74 Å². The second-order valence-corrected chi connectivity index (χ2v) is 8.46. The van der Waals surface area contributed by atoms with Gasteiger partial charge < -0.3 is 15.4 Å². The zero-order valence-corrected chi connectivity index (χ0v) is 17.9. The van der Waals surface area contributed by atoms with Crippen molar-refractivity contribution in [2.45, 2.75) is 32.6 Å². The van der Waals surface area contributed by atoms with Gasteiger partial charge in [0.25, 0.3) is 0 Å². The lowest BCUT2D eigenvalue weighted by molar-refractivity contribution is -0.115. The van der Waals surface area contributed by atoms with E-state index in [-0.39, 0.29) is 16.5 Å². The summed E-state index contributed by atoms with van der Waals surface area (Å²) in [5.74, 6) is -0.532. The number of aryl methyl sites for hydroxylation is 3. The Balaban J connectivity index is 2.14. The first-order valence-corrected chi connectivity index (χ1v) is 10.3. The maximum absolute atomic E-state index is 12.6. The molecule has 0 spiro atoms. The fourth-order valence-corrected chi connectivity index (χ4v) is 3.95. The van der Waals surface area contributed by atoms with Crippen molar-refractivity contribution in [1.29, 1.82) is 0 Å². The molecular formula is C20H25N3O5S. The van der Waals surface area contributed by atoms with E-state index in [0.29, 0.717) is 11.4 Å². The van der Waals surface area contributed by atoms with Crippen LogP contribution in [0.3, 0.4) is 0 Å². The van der Waals surface area contributed by atoms with E-state index in [9.17, 15) is 18.0 Å². The van der Waals surface area contributed by atoms with Gasteiger partial charge in [-0.2, -0.15) is 0 Å². The predicted octanol–water partition coefficient (Wildman–Crippen LogP) is 2.50. The SMILES string of the molecule is COc1ccc(S(=O)(=O)NCC(=O)Nc2c(C)cc(C)cc2C)cc1NC(C)=O. The van der Waals surface area contributed by atoms with Gasteiger partial charge in [-0.3, -0.25) is 9.59 Å². The molecule has 0 unspecified atom stereocenters. The highest BCUT2D eigenvalue weighted by molar-refractivity contribution is 7.89. The Bertz CT molecular complexity index is 1030. The lowest BCUT2D eigenvalue weighted by atomic mass is 10.1. The van der Waals surface area contributed by atoms with Crippen LogP contribution in [0.4, 0.5) is 11.4 Å². The number of carbonyl (C=O) groups is 2. The molecule has 0 aliphatic heterocycles. The van der Waals surface area contributed by atoms with Crippen molar-refractivity contribution in [2.24, 2.45) is 0 Å². The van der Waals surface area contributed by atoms with Gasteiger partial charge >= 0.3 is 0 Å². The third-order valence-corrected chi connectivity index (χ3v) is 5.56. The number of ether oxygens (including phenoxy) is 1. The van der Waals surface area contributed by atoms with Crippen LogP contribution in [0.5, 0.6) is 5.75 Å². The summed E-state index contributed by atoms with van der Waals surface area (Å²) in [4.78, 5) is 23.5. The summed E-state index contributed by atoms with van der Waals surface area (Å²) in [5, 5.41) is 5.26. The first-order chi connectivity index (χ1) is 13.5. The van der Waals surface area contributed by atoms with Crippen molar-refractivity contribution in [3.8, 4) is 5.75 Å². The van der Waals surface area contributed by atoms with E-state index in [1.807, 2.05) is 32.9 Å². The predicted molar refractivity (Wildman–Crippen MR) is 112 cm³/mol. The van der Waals surface area contributed by atoms with E-state index < -0.39 is 22.5 Å². The number of hydrogen-bond donors (Lipinski definition) is 3. The third-order valence-electron chi connectivity index (χ3n) is 4.16. The van der Waals surface area contributed by atoms with Gasteiger partial charge in [-0.25, -0.2) is 13.1 Å². The lowest BCUT2D eigenvalue weighted by Crippen LogP contribution is -2.33. The molecule has 9 heteroatoms. The summed E-state index contributed by atoms with van der Waals surface area (Å²) in [7, 11) is -2.57. The van der Waals surface area contributed by atoms with E-state index >= 15 is 0 Å². The molecule has 2 amide bonds. The van der Waals surface area contributed by atoms with Gasteiger partial charge in [0, 0.05) is 12.6 Å². The standard InChI is InChI=1S/C20H25N3O5S/c1-12-8-13(2)20(14(3)9-12)23-19(25)11-21-29(26,27)16-6-7-18(28-5)17(10-16)22-15(4)24/h6-10,21H,11H2,1-5H3,(H,22,24)(H,23,25). The normalized spacial score (nSPS) is 11.1. The molecule has 0 heterocycles. The number of anilines is 2. The number of hydrogen-bond acceptors (Lipinski definition) is 5. The summed E-state index contributed by atoms with van der Waals surface area (Å²) < 4.78 is 32.5. The van der Waals surface area contributed by atoms with Gasteiger partial charge in [-0.05, 0) is 50.1 Å². The highest BCUT2D eigenvalue weighted by atomic mass is 32.2. The van der Waals surface area contributed by atoms with Crippen LogP contribution in [-0.2, 0) is 19.6 Å². The minimum atomic E-state index is -3.98. The monoisotopic (exact) mass is 419 g/mol. The first-order valence-electron chi connectivity index (χ1n) is 8.86. The average molecular weight is 420 g/mol. The number of benzene rings is 2. The molecule has 0 saturated carbocycles. The molecule has 3 N–H and O–H groups in total. The molecule has 0 atom stereocenters. The second kappa shape index (κ2) is 9.06. The smallest absolute Gasteiger partial charge is 0.241 e. The van der Waals surface area contributed by atoms with Crippen LogP contribution < -0.4 is 20.1 Å². The van der Waals surface area contributed by atoms with Crippen molar-refractivity contribution >= 4 is 33.2 Å². The summed E-state index contributed by atoms with van der Waals surface area (Å²) in [6.45, 7) is 6.58. The maximum Gasteiger partial charge on any atom is 0.241 e. The molecule has 0 aliphatic carbocycles. The topological polar surface area (TPSA) is 114 Å². The van der Waals surface area contributed by atoms with Crippen molar-refractivity contribution in [1.82, 2.24) is 4.72 Å². The Morgan fingerprint density at radius 1 is 1.00 bits per heavy atom. The van der Waals surface area contributed by atoms with Crippen LogP contribution >= 0.6 is 0 Å². The summed E-state index contributed by atoms with van der Waals surface area (Å²) in [6, 6.07) is 7.91. The molecular weight excluding hydrogens is 394 g/mol. The van der Waals surface area contributed by atoms with E-state index in [0.717, 1.165) is 16.7 Å². The zero-order valence-electron chi connectivity index (χ0n) is 17.0. The quantitative estimate of drug-likeness (QED) is 0.638. The number of carbonyl (C=O) groups excluding carboxylic acids is 2. The molecule has 156 valence electrons. The zero-order chi connectivity index (χ0) is 21.8. The van der Waals surface area contributed by atoms with Gasteiger partial charge in [0.15, 0.2) is 0 Å². The summed E-state index contributed by atoms with van der Waals surface area (Å²) >= 11 is 0. The van der Waals surface area contributed by atoms with Crippen LogP contribution in [-0.4, -0.2) is 33.9 Å². The number of methoxy groups -OCH3 is 1. The molecule has 2 aromatic carbocycles. The Labute approximate surface area is 170 Å². The fraction of sp³-hybridized carbons (Fsp3) is 0.300. The second-order valence-electron chi connectivity index (χ2n) is 6.69. The Morgan fingerprint density at radius 3 is 2.17 bits per heavy atom. The molecule has 0 bridgehead atoms. The molecule has 0 fully saturated rings. The van der Waals surface area contributed by atoms with Crippen LogP contribution in [0.15, 0.2) is 35.2 Å². The molecule has 0 aromatic heterocycles. The van der Waals surface area contributed by atoms with Gasteiger partial charge in [0.2, 0.25) is 21.8 Å². The van der Waals surface area contributed by atoms with E-state index in [1.54, 1.807) is 0 Å². The fourth-order valence-electron chi connectivity index (χ4n) is 2.95. The molecule has 2 aromatic rings. The third kappa shape index (κ3) is 5.78. The first kappa shape index (κ1) is 22.4. The minimum absolute atomic E-state index is 0.0995. The number of nitrogens with one attached hydrogen (secondary N) is 3. The van der Waals surface area contributed by atoms with Crippen molar-refractivity contribution < 1.29 is 22.7 Å². The molecule has 2 rings (SSSR count). The van der Waals surface area contributed by atoms with Crippen molar-refractivity contribution in [3.63, 3.8) is 0 Å². The van der Waals surface area contributed by atoms with Crippen LogP contribution in [0, 0.1) is 20.8 Å². The lowest BCUT2D eigenvalue weighted by Gasteiger charge is -2.14. The van der Waals surface area contributed by atoms with Crippen LogP contribution in [0.2, 0.25) is 0 Å². The molecule has 0 saturated heterocycles. The van der Waals surface area contributed by atoms with Gasteiger partial charge in [0.1, 0.15) is 5.75 Å². The Hall–Kier alpha value is -2.91. The number of sulfonamides is 1. The van der Waals surface area contributed by atoms with Gasteiger partial charge in [-0.15, -0.1) is 0 Å². The highest BCUT2D eigenvalue weighted by Crippen LogP contribution is 2.27. The van der Waals surface area contributed by atoms with Gasteiger partial charge in [0.05, 0.1) is 24.2 Å². The minimum Gasteiger partial charge on any atom is -0.495 e. The van der Waals surface area contributed by atoms with Crippen molar-refractivity contribution in [3.05, 3.63) is 47.0 Å². The molecule has 29 heavy (non-hydrogen) atoms. The highest BCUT2D eigenvalue weighted by Gasteiger charge is 2.19. The summed E-state index contributed by atoms with van der Waals surface area (Å²) in [6.07, 6.45) is 0. The average Bonchev–Trinajstić information content (AvgIpc) is 2.62. The van der Waals surface area contributed by atoms with Crippen LogP contribution in [0.1, 0.15) is 23.6 Å². The summed E-state index contributed by atoms with van der Waals surface area (Å²) in [5.41, 5.74) is 3.76.